The van der Waals surface area contributed by atoms with E-state index in [-0.39, 0.29) is 18.2 Å². The average Bonchev–Trinajstić information content (AvgIpc) is 2.39. The van der Waals surface area contributed by atoms with Gasteiger partial charge in [-0.3, -0.25) is 14.5 Å². The van der Waals surface area contributed by atoms with Crippen molar-refractivity contribution in [3.8, 4) is 0 Å². The highest BCUT2D eigenvalue weighted by Crippen LogP contribution is 2.17. The number of carbonyl (C=O) groups is 2. The Morgan fingerprint density at radius 1 is 1.32 bits per heavy atom. The van der Waals surface area contributed by atoms with E-state index in [0.717, 1.165) is 13.0 Å². The van der Waals surface area contributed by atoms with Crippen LogP contribution in [0.5, 0.6) is 0 Å². The Labute approximate surface area is 112 Å². The molecule has 1 aromatic rings. The number of ketones is 1. The molecule has 1 saturated heterocycles. The molecule has 0 spiro atoms. The minimum Gasteiger partial charge on any atom is -0.481 e. The van der Waals surface area contributed by atoms with E-state index in [1.807, 2.05) is 4.90 Å². The number of anilines is 1. The molecule has 5 nitrogen and oxygen atoms in total. The number of rotatable bonds is 4. The van der Waals surface area contributed by atoms with Gasteiger partial charge in [-0.25, -0.2) is 0 Å². The third kappa shape index (κ3) is 3.54. The first kappa shape index (κ1) is 13.5. The van der Waals surface area contributed by atoms with E-state index in [2.05, 4.69) is 0 Å². The zero-order chi connectivity index (χ0) is 13.8. The number of nitrogen functional groups attached to an aromatic ring is 1. The van der Waals surface area contributed by atoms with Crippen LogP contribution in [0.3, 0.4) is 0 Å². The number of carboxylic acids is 1. The van der Waals surface area contributed by atoms with Crippen LogP contribution < -0.4 is 5.73 Å². The van der Waals surface area contributed by atoms with Gasteiger partial charge in [0.05, 0.1) is 12.5 Å². The standard InChI is InChI=1S/C14H18N2O3/c15-12-5-3-10(4-6-12)13(17)9-16-7-1-2-11(8-16)14(18)19/h3-6,11H,1-2,7-9,15H2,(H,18,19). The Morgan fingerprint density at radius 2 is 2.00 bits per heavy atom. The lowest BCUT2D eigenvalue weighted by atomic mass is 9.98. The minimum absolute atomic E-state index is 0.00559. The van der Waals surface area contributed by atoms with Crippen LogP contribution in [0.25, 0.3) is 0 Å². The highest BCUT2D eigenvalue weighted by atomic mass is 16.4. The number of nitrogens with zero attached hydrogens (tertiary/aromatic N) is 1. The fourth-order valence-electron chi connectivity index (χ4n) is 2.36. The minimum atomic E-state index is -0.773. The van der Waals surface area contributed by atoms with Crippen molar-refractivity contribution in [2.24, 2.45) is 5.92 Å². The molecule has 2 rings (SSSR count). The second-order valence-corrected chi connectivity index (χ2v) is 4.96. The molecule has 0 aliphatic carbocycles. The SMILES string of the molecule is Nc1ccc(C(=O)CN2CCCC(C(=O)O)C2)cc1. The predicted molar refractivity (Wildman–Crippen MR) is 72.0 cm³/mol. The predicted octanol–water partition coefficient (Wildman–Crippen LogP) is 1.25. The van der Waals surface area contributed by atoms with E-state index in [9.17, 15) is 9.59 Å². The van der Waals surface area contributed by atoms with Crippen LogP contribution in [-0.2, 0) is 4.79 Å². The molecule has 1 aliphatic rings. The molecule has 19 heavy (non-hydrogen) atoms. The van der Waals surface area contributed by atoms with Gasteiger partial charge in [-0.2, -0.15) is 0 Å². The Kier molecular flexibility index (Phi) is 4.16. The molecule has 0 saturated carbocycles. The molecule has 1 aliphatic heterocycles. The first-order valence-corrected chi connectivity index (χ1v) is 6.40. The molecule has 0 radical (unpaired) electrons. The molecule has 102 valence electrons. The van der Waals surface area contributed by atoms with Crippen LogP contribution in [0.4, 0.5) is 5.69 Å². The van der Waals surface area contributed by atoms with Gasteiger partial charge in [0.2, 0.25) is 0 Å². The number of hydrogen-bond acceptors (Lipinski definition) is 4. The van der Waals surface area contributed by atoms with Crippen LogP contribution in [0.1, 0.15) is 23.2 Å². The van der Waals surface area contributed by atoms with Crippen molar-refractivity contribution in [1.82, 2.24) is 4.90 Å². The Hall–Kier alpha value is -1.88. The van der Waals surface area contributed by atoms with Crippen LogP contribution in [0.2, 0.25) is 0 Å². The second kappa shape index (κ2) is 5.84. The van der Waals surface area contributed by atoms with Crippen molar-refractivity contribution < 1.29 is 14.7 Å². The maximum absolute atomic E-state index is 12.1. The first-order chi connectivity index (χ1) is 9.06. The van der Waals surface area contributed by atoms with E-state index in [1.165, 1.54) is 0 Å². The molecule has 0 aromatic heterocycles. The fraction of sp³-hybridized carbons (Fsp3) is 0.429. The lowest BCUT2D eigenvalue weighted by Crippen LogP contribution is -2.41. The monoisotopic (exact) mass is 262 g/mol. The summed E-state index contributed by atoms with van der Waals surface area (Å²) in [5.41, 5.74) is 6.82. The number of nitrogens with two attached hydrogens (primary N) is 1. The molecule has 1 fully saturated rings. The number of Topliss-reactive ketones (excluding diaryl/α,β-unsaturated/α-hetero) is 1. The van der Waals surface area contributed by atoms with Gasteiger partial charge in [0.25, 0.3) is 0 Å². The second-order valence-electron chi connectivity index (χ2n) is 4.96. The number of carboxylic acid groups (broad SMARTS) is 1. The summed E-state index contributed by atoms with van der Waals surface area (Å²) in [6.07, 6.45) is 1.52. The number of piperidine rings is 1. The highest BCUT2D eigenvalue weighted by molar-refractivity contribution is 5.97. The number of likely N-dealkylation sites (tertiary alicyclic amines) is 1. The van der Waals surface area contributed by atoms with Crippen LogP contribution >= 0.6 is 0 Å². The third-order valence-corrected chi connectivity index (χ3v) is 3.45. The largest absolute Gasteiger partial charge is 0.481 e. The van der Waals surface area contributed by atoms with Crippen molar-refractivity contribution in [2.75, 3.05) is 25.4 Å². The Bertz CT molecular complexity index is 470. The van der Waals surface area contributed by atoms with Gasteiger partial charge in [-0.05, 0) is 43.7 Å². The van der Waals surface area contributed by atoms with E-state index in [4.69, 9.17) is 10.8 Å². The molecule has 0 amide bonds. The van der Waals surface area contributed by atoms with Gasteiger partial charge < -0.3 is 10.8 Å². The summed E-state index contributed by atoms with van der Waals surface area (Å²) in [5.74, 6) is -1.12. The van der Waals surface area contributed by atoms with E-state index < -0.39 is 5.97 Å². The third-order valence-electron chi connectivity index (χ3n) is 3.45. The molecular formula is C14H18N2O3. The lowest BCUT2D eigenvalue weighted by molar-refractivity contribution is -0.143. The Balaban J connectivity index is 1.95. The molecule has 1 heterocycles. The van der Waals surface area contributed by atoms with Gasteiger partial charge in [0.1, 0.15) is 0 Å². The number of hydrogen-bond donors (Lipinski definition) is 2. The number of benzene rings is 1. The maximum atomic E-state index is 12.1. The fourth-order valence-corrected chi connectivity index (χ4v) is 2.36. The van der Waals surface area contributed by atoms with Crippen LogP contribution in [0.15, 0.2) is 24.3 Å². The van der Waals surface area contributed by atoms with Gasteiger partial charge in [0.15, 0.2) is 5.78 Å². The van der Waals surface area contributed by atoms with Gasteiger partial charge in [-0.1, -0.05) is 0 Å². The lowest BCUT2D eigenvalue weighted by Gasteiger charge is -2.29. The summed E-state index contributed by atoms with van der Waals surface area (Å²) in [7, 11) is 0. The molecule has 1 unspecified atom stereocenters. The summed E-state index contributed by atoms with van der Waals surface area (Å²) in [5, 5.41) is 9.01. The maximum Gasteiger partial charge on any atom is 0.307 e. The van der Waals surface area contributed by atoms with Gasteiger partial charge in [-0.15, -0.1) is 0 Å². The topological polar surface area (TPSA) is 83.6 Å². The van der Waals surface area contributed by atoms with E-state index in [1.54, 1.807) is 24.3 Å². The number of aliphatic carboxylic acids is 1. The summed E-state index contributed by atoms with van der Waals surface area (Å²) in [6.45, 7) is 1.51. The molecule has 0 bridgehead atoms. The van der Waals surface area contributed by atoms with Crippen molar-refractivity contribution >= 4 is 17.4 Å². The zero-order valence-corrected chi connectivity index (χ0v) is 10.7. The van der Waals surface area contributed by atoms with E-state index in [0.29, 0.717) is 24.2 Å². The normalized spacial score (nSPS) is 20.1. The average molecular weight is 262 g/mol. The summed E-state index contributed by atoms with van der Waals surface area (Å²) in [6, 6.07) is 6.81. The van der Waals surface area contributed by atoms with E-state index >= 15 is 0 Å². The van der Waals surface area contributed by atoms with Gasteiger partial charge >= 0.3 is 5.97 Å². The smallest absolute Gasteiger partial charge is 0.307 e. The van der Waals surface area contributed by atoms with Gasteiger partial charge in [0, 0.05) is 17.8 Å². The van der Waals surface area contributed by atoms with Crippen LogP contribution in [-0.4, -0.2) is 41.4 Å². The molecule has 5 heteroatoms. The molecule has 1 atom stereocenters. The highest BCUT2D eigenvalue weighted by Gasteiger charge is 2.26. The van der Waals surface area contributed by atoms with Crippen molar-refractivity contribution in [3.05, 3.63) is 29.8 Å². The Morgan fingerprint density at radius 3 is 2.63 bits per heavy atom. The molecular weight excluding hydrogens is 244 g/mol. The summed E-state index contributed by atoms with van der Waals surface area (Å²) >= 11 is 0. The quantitative estimate of drug-likeness (QED) is 0.630. The summed E-state index contributed by atoms with van der Waals surface area (Å²) in [4.78, 5) is 25.0. The van der Waals surface area contributed by atoms with Crippen molar-refractivity contribution in [1.29, 1.82) is 0 Å². The first-order valence-electron chi connectivity index (χ1n) is 6.40. The zero-order valence-electron chi connectivity index (χ0n) is 10.7. The summed E-state index contributed by atoms with van der Waals surface area (Å²) < 4.78 is 0. The number of carbonyl (C=O) groups excluding carboxylic acids is 1. The molecule has 1 aromatic carbocycles. The van der Waals surface area contributed by atoms with Crippen molar-refractivity contribution in [3.63, 3.8) is 0 Å². The molecule has 3 N–H and O–H groups in total. The van der Waals surface area contributed by atoms with Crippen molar-refractivity contribution in [2.45, 2.75) is 12.8 Å². The van der Waals surface area contributed by atoms with Crippen LogP contribution in [0, 0.1) is 5.92 Å².